The van der Waals surface area contributed by atoms with E-state index in [2.05, 4.69) is 20.6 Å². The number of carbonyl (C=O) groups excluding carboxylic acids is 3. The van der Waals surface area contributed by atoms with Crippen LogP contribution in [0.4, 0.5) is 0 Å². The van der Waals surface area contributed by atoms with Crippen LogP contribution in [0.2, 0.25) is 0 Å². The normalized spacial score (nSPS) is 13.7. The van der Waals surface area contributed by atoms with Gasteiger partial charge < -0.3 is 21.1 Å². The minimum Gasteiger partial charge on any atom is -0.381 e. The van der Waals surface area contributed by atoms with Gasteiger partial charge in [0.2, 0.25) is 11.8 Å². The maximum atomic E-state index is 12.4. The Bertz CT molecular complexity index is 626. The van der Waals surface area contributed by atoms with E-state index in [0.717, 1.165) is 0 Å². The number of rotatable bonds is 10. The van der Waals surface area contributed by atoms with E-state index in [1.165, 1.54) is 6.33 Å². The maximum absolute atomic E-state index is 12.4. The highest BCUT2D eigenvalue weighted by Gasteiger charge is 2.30. The predicted octanol–water partition coefficient (Wildman–Crippen LogP) is 0.704. The summed E-state index contributed by atoms with van der Waals surface area (Å²) in [5.74, 6) is -1.58. The molecular formula is C18H33Cl2N5O4. The third kappa shape index (κ3) is 11.2. The van der Waals surface area contributed by atoms with Crippen LogP contribution in [0.25, 0.3) is 0 Å². The second-order valence-electron chi connectivity index (χ2n) is 7.59. The van der Waals surface area contributed by atoms with Crippen molar-refractivity contribution in [3.63, 3.8) is 0 Å². The second kappa shape index (κ2) is 14.3. The maximum Gasteiger partial charge on any atom is 0.257 e. The van der Waals surface area contributed by atoms with Crippen LogP contribution >= 0.6 is 24.8 Å². The number of amides is 3. The molecular weight excluding hydrogens is 421 g/mol. The first-order valence-corrected chi connectivity index (χ1v) is 9.15. The molecule has 1 aromatic heterocycles. The van der Waals surface area contributed by atoms with Gasteiger partial charge in [0.05, 0.1) is 18.4 Å². The first-order valence-electron chi connectivity index (χ1n) is 9.15. The lowest BCUT2D eigenvalue weighted by molar-refractivity contribution is -0.137. The number of nitrogens with two attached hydrogens (primary N) is 1. The summed E-state index contributed by atoms with van der Waals surface area (Å²) >= 11 is 0. The number of hydrogen-bond donors (Lipinski definition) is 5. The predicted molar refractivity (Wildman–Crippen MR) is 115 cm³/mol. The van der Waals surface area contributed by atoms with Gasteiger partial charge in [0, 0.05) is 24.7 Å². The summed E-state index contributed by atoms with van der Waals surface area (Å²) in [6, 6.07) is -1.71. The lowest BCUT2D eigenvalue weighted by atomic mass is 9.97. The van der Waals surface area contributed by atoms with Gasteiger partial charge in [-0.3, -0.25) is 19.7 Å². The van der Waals surface area contributed by atoms with E-state index in [9.17, 15) is 19.5 Å². The van der Waals surface area contributed by atoms with E-state index in [1.807, 2.05) is 27.7 Å². The molecule has 3 amide bonds. The fourth-order valence-corrected chi connectivity index (χ4v) is 2.61. The highest BCUT2D eigenvalue weighted by atomic mass is 35.5. The van der Waals surface area contributed by atoms with Crippen molar-refractivity contribution in [1.29, 1.82) is 0 Å². The Hall–Kier alpha value is -1.68. The Balaban J connectivity index is 0. The third-order valence-corrected chi connectivity index (χ3v) is 3.89. The second-order valence-corrected chi connectivity index (χ2v) is 7.59. The number of imide groups is 1. The molecule has 1 heterocycles. The first kappa shape index (κ1) is 29.5. The molecule has 3 atom stereocenters. The molecule has 0 bridgehead atoms. The monoisotopic (exact) mass is 453 g/mol. The fourth-order valence-electron chi connectivity index (χ4n) is 2.61. The van der Waals surface area contributed by atoms with Crippen molar-refractivity contribution >= 4 is 42.5 Å². The number of hydrogen-bond acceptors (Lipinski definition) is 6. The standard InChI is InChI=1S/C18H31N5O4.2ClH/c1-10(2)5-14(16(25)18(27)23-15(24)6-11(3)4)22-17(26)13(19)7-12-8-20-9-21-12;;/h8-11,13-14,16,25H,5-7,19H2,1-4H3,(H,20,21)(H,22,26)(H,23,24,27);2*1H/t13-,14-,16?;;/m0../s1. The van der Waals surface area contributed by atoms with Gasteiger partial charge in [-0.25, -0.2) is 4.98 Å². The Labute approximate surface area is 183 Å². The van der Waals surface area contributed by atoms with E-state index in [1.54, 1.807) is 6.20 Å². The minimum absolute atomic E-state index is 0. The smallest absolute Gasteiger partial charge is 0.257 e. The number of H-pyrrole nitrogens is 1. The molecule has 6 N–H and O–H groups in total. The van der Waals surface area contributed by atoms with Crippen molar-refractivity contribution in [3.05, 3.63) is 18.2 Å². The van der Waals surface area contributed by atoms with Gasteiger partial charge in [-0.2, -0.15) is 0 Å². The number of nitrogens with zero attached hydrogens (tertiary/aromatic N) is 1. The molecule has 0 aromatic carbocycles. The number of aliphatic hydroxyl groups excluding tert-OH is 1. The first-order chi connectivity index (χ1) is 12.6. The average molecular weight is 454 g/mol. The molecule has 0 radical (unpaired) electrons. The molecule has 1 unspecified atom stereocenters. The molecule has 11 heteroatoms. The molecule has 1 rings (SSSR count). The highest BCUT2D eigenvalue weighted by Crippen LogP contribution is 2.10. The van der Waals surface area contributed by atoms with E-state index in [4.69, 9.17) is 5.73 Å². The van der Waals surface area contributed by atoms with Crippen molar-refractivity contribution in [2.45, 2.75) is 65.1 Å². The number of aromatic nitrogens is 2. The quantitative estimate of drug-likeness (QED) is 0.351. The van der Waals surface area contributed by atoms with Gasteiger partial charge in [-0.05, 0) is 18.3 Å². The van der Waals surface area contributed by atoms with Crippen molar-refractivity contribution < 1.29 is 19.5 Å². The molecule has 0 saturated heterocycles. The summed E-state index contributed by atoms with van der Waals surface area (Å²) in [5.41, 5.74) is 6.61. The number of nitrogens with one attached hydrogen (secondary N) is 3. The third-order valence-electron chi connectivity index (χ3n) is 3.89. The molecule has 0 aliphatic carbocycles. The zero-order valence-corrected chi connectivity index (χ0v) is 18.8. The molecule has 168 valence electrons. The van der Waals surface area contributed by atoms with Crippen molar-refractivity contribution in [2.75, 3.05) is 0 Å². The van der Waals surface area contributed by atoms with Crippen LogP contribution in [-0.2, 0) is 20.8 Å². The number of halogens is 2. The summed E-state index contributed by atoms with van der Waals surface area (Å²) in [4.78, 5) is 43.1. The minimum atomic E-state index is -1.55. The van der Waals surface area contributed by atoms with E-state index >= 15 is 0 Å². The van der Waals surface area contributed by atoms with Crippen LogP contribution < -0.4 is 16.4 Å². The molecule has 0 spiro atoms. The summed E-state index contributed by atoms with van der Waals surface area (Å²) in [6.45, 7) is 7.50. The Morgan fingerprint density at radius 2 is 1.76 bits per heavy atom. The number of carbonyl (C=O) groups is 3. The van der Waals surface area contributed by atoms with Crippen molar-refractivity contribution in [1.82, 2.24) is 20.6 Å². The summed E-state index contributed by atoms with van der Waals surface area (Å²) in [5, 5.41) is 15.2. The van der Waals surface area contributed by atoms with Crippen LogP contribution in [0, 0.1) is 11.8 Å². The molecule has 0 aliphatic heterocycles. The zero-order valence-electron chi connectivity index (χ0n) is 17.2. The molecule has 29 heavy (non-hydrogen) atoms. The number of aliphatic hydroxyl groups is 1. The Kier molecular flexibility index (Phi) is 14.6. The molecule has 0 fully saturated rings. The van der Waals surface area contributed by atoms with E-state index < -0.39 is 35.9 Å². The van der Waals surface area contributed by atoms with E-state index in [0.29, 0.717) is 12.1 Å². The van der Waals surface area contributed by atoms with Gasteiger partial charge in [0.1, 0.15) is 0 Å². The van der Waals surface area contributed by atoms with E-state index in [-0.39, 0.29) is 49.5 Å². The van der Waals surface area contributed by atoms with Crippen LogP contribution in [0.3, 0.4) is 0 Å². The lowest BCUT2D eigenvalue weighted by Crippen LogP contribution is -2.55. The molecule has 0 aliphatic rings. The van der Waals surface area contributed by atoms with Crippen LogP contribution in [0.1, 0.15) is 46.2 Å². The molecule has 9 nitrogen and oxygen atoms in total. The lowest BCUT2D eigenvalue weighted by Gasteiger charge is -2.26. The van der Waals surface area contributed by atoms with Crippen LogP contribution in [0.15, 0.2) is 12.5 Å². The van der Waals surface area contributed by atoms with Gasteiger partial charge in [0.25, 0.3) is 5.91 Å². The van der Waals surface area contributed by atoms with Crippen molar-refractivity contribution in [3.8, 4) is 0 Å². The number of aromatic amines is 1. The van der Waals surface area contributed by atoms with Crippen molar-refractivity contribution in [2.24, 2.45) is 17.6 Å². The molecule has 1 aromatic rings. The SMILES string of the molecule is CC(C)CC(=O)NC(=O)C(O)[C@H](CC(C)C)NC(=O)[C@@H](N)Cc1cnc[nH]1.Cl.Cl. The average Bonchev–Trinajstić information content (AvgIpc) is 3.04. The Morgan fingerprint density at radius 1 is 1.14 bits per heavy atom. The highest BCUT2D eigenvalue weighted by molar-refractivity contribution is 5.97. The topological polar surface area (TPSA) is 150 Å². The zero-order chi connectivity index (χ0) is 20.6. The van der Waals surface area contributed by atoms with Gasteiger partial charge in [-0.15, -0.1) is 24.8 Å². The summed E-state index contributed by atoms with van der Waals surface area (Å²) in [7, 11) is 0. The summed E-state index contributed by atoms with van der Waals surface area (Å²) in [6.07, 6.45) is 2.29. The number of imidazole rings is 1. The Morgan fingerprint density at radius 3 is 2.24 bits per heavy atom. The van der Waals surface area contributed by atoms with Crippen LogP contribution in [0.5, 0.6) is 0 Å². The van der Waals surface area contributed by atoms with Gasteiger partial charge >= 0.3 is 0 Å². The van der Waals surface area contributed by atoms with Gasteiger partial charge in [-0.1, -0.05) is 27.7 Å². The van der Waals surface area contributed by atoms with Crippen LogP contribution in [-0.4, -0.2) is 51.0 Å². The fraction of sp³-hybridized carbons (Fsp3) is 0.667. The van der Waals surface area contributed by atoms with Gasteiger partial charge in [0.15, 0.2) is 6.10 Å². The summed E-state index contributed by atoms with van der Waals surface area (Å²) < 4.78 is 0. The largest absolute Gasteiger partial charge is 0.381 e. The molecule has 0 saturated carbocycles.